The van der Waals surface area contributed by atoms with Crippen molar-refractivity contribution >= 4 is 29.1 Å². The maximum absolute atomic E-state index is 12.1. The van der Waals surface area contributed by atoms with Crippen LogP contribution < -0.4 is 5.32 Å². The van der Waals surface area contributed by atoms with Gasteiger partial charge in [0.05, 0.1) is 11.1 Å². The number of carbonyl (C=O) groups excluding carboxylic acids is 1. The van der Waals surface area contributed by atoms with E-state index >= 15 is 0 Å². The van der Waals surface area contributed by atoms with Crippen molar-refractivity contribution < 1.29 is 4.79 Å². The van der Waals surface area contributed by atoms with Gasteiger partial charge in [-0.2, -0.15) is 5.10 Å². The summed E-state index contributed by atoms with van der Waals surface area (Å²) in [5.41, 5.74) is 1.26. The lowest BCUT2D eigenvalue weighted by Crippen LogP contribution is -2.32. The largest absolute Gasteiger partial charge is 0.351 e. The molecule has 1 fully saturated rings. The standard InChI is InChI=1S/C15H15Cl2N3O/c1-14(10-15(14,16)17)13(21)18-9-11-4-2-5-12(8-11)20-7-3-6-19-20/h2-8H,9-10H2,1H3,(H,18,21). The molecule has 3 rings (SSSR count). The van der Waals surface area contributed by atoms with E-state index in [1.807, 2.05) is 36.5 Å². The second-order valence-electron chi connectivity index (χ2n) is 5.52. The van der Waals surface area contributed by atoms with E-state index in [0.717, 1.165) is 11.3 Å². The predicted molar refractivity (Wildman–Crippen MR) is 82.6 cm³/mol. The second-order valence-corrected chi connectivity index (χ2v) is 7.00. The molecule has 1 saturated carbocycles. The first-order valence-electron chi connectivity index (χ1n) is 6.67. The zero-order valence-corrected chi connectivity index (χ0v) is 13.0. The Bertz CT molecular complexity index is 669. The molecule has 1 aromatic carbocycles. The van der Waals surface area contributed by atoms with E-state index in [4.69, 9.17) is 23.2 Å². The smallest absolute Gasteiger partial charge is 0.229 e. The van der Waals surface area contributed by atoms with Crippen molar-refractivity contribution in [2.45, 2.75) is 24.2 Å². The van der Waals surface area contributed by atoms with E-state index < -0.39 is 9.75 Å². The lowest BCUT2D eigenvalue weighted by molar-refractivity contribution is -0.125. The fraction of sp³-hybridized carbons (Fsp3) is 0.333. The van der Waals surface area contributed by atoms with Crippen LogP contribution in [0.3, 0.4) is 0 Å². The maximum atomic E-state index is 12.1. The minimum Gasteiger partial charge on any atom is -0.351 e. The SMILES string of the molecule is CC1(C(=O)NCc2cccc(-n3cccn3)c2)CC1(Cl)Cl. The summed E-state index contributed by atoms with van der Waals surface area (Å²) in [6.07, 6.45) is 4.09. The number of alkyl halides is 2. The van der Waals surface area contributed by atoms with Gasteiger partial charge in [0.1, 0.15) is 4.33 Å². The van der Waals surface area contributed by atoms with Crippen LogP contribution in [0.4, 0.5) is 0 Å². The number of aromatic nitrogens is 2. The van der Waals surface area contributed by atoms with Crippen LogP contribution >= 0.6 is 23.2 Å². The molecule has 1 N–H and O–H groups in total. The van der Waals surface area contributed by atoms with Crippen LogP contribution in [0.15, 0.2) is 42.7 Å². The van der Waals surface area contributed by atoms with Gasteiger partial charge in [-0.15, -0.1) is 23.2 Å². The predicted octanol–water partition coefficient (Wildman–Crippen LogP) is 3.07. The van der Waals surface area contributed by atoms with Crippen molar-refractivity contribution in [2.75, 3.05) is 0 Å². The second kappa shape index (κ2) is 5.04. The summed E-state index contributed by atoms with van der Waals surface area (Å²) in [4.78, 5) is 12.1. The van der Waals surface area contributed by atoms with Crippen LogP contribution in [-0.2, 0) is 11.3 Å². The number of carbonyl (C=O) groups is 1. The van der Waals surface area contributed by atoms with Crippen molar-refractivity contribution in [3.05, 3.63) is 48.3 Å². The summed E-state index contributed by atoms with van der Waals surface area (Å²) < 4.78 is 0.837. The molecule has 1 aliphatic carbocycles. The Kier molecular flexibility index (Phi) is 3.46. The van der Waals surface area contributed by atoms with Gasteiger partial charge in [0.25, 0.3) is 0 Å². The number of hydrogen-bond donors (Lipinski definition) is 1. The lowest BCUT2D eigenvalue weighted by Gasteiger charge is -2.13. The molecule has 1 unspecified atom stereocenters. The minimum absolute atomic E-state index is 0.114. The van der Waals surface area contributed by atoms with E-state index in [9.17, 15) is 4.79 Å². The van der Waals surface area contributed by atoms with E-state index in [2.05, 4.69) is 10.4 Å². The van der Waals surface area contributed by atoms with Crippen LogP contribution in [0.25, 0.3) is 5.69 Å². The van der Waals surface area contributed by atoms with Gasteiger partial charge in [-0.3, -0.25) is 4.79 Å². The fourth-order valence-electron chi connectivity index (χ4n) is 2.25. The van der Waals surface area contributed by atoms with Gasteiger partial charge in [0, 0.05) is 18.9 Å². The first kappa shape index (κ1) is 14.4. The van der Waals surface area contributed by atoms with Crippen LogP contribution in [-0.4, -0.2) is 20.0 Å². The van der Waals surface area contributed by atoms with Gasteiger partial charge in [0.15, 0.2) is 0 Å². The molecule has 2 aromatic rings. The molecule has 110 valence electrons. The highest BCUT2D eigenvalue weighted by molar-refractivity contribution is 6.53. The molecular formula is C15H15Cl2N3O. The number of amides is 1. The van der Waals surface area contributed by atoms with Crippen molar-refractivity contribution in [1.29, 1.82) is 0 Å². The minimum atomic E-state index is -0.937. The lowest BCUT2D eigenvalue weighted by atomic mass is 10.1. The first-order chi connectivity index (χ1) is 9.92. The highest BCUT2D eigenvalue weighted by Gasteiger charge is 2.67. The zero-order chi connectivity index (χ0) is 15.1. The number of benzene rings is 1. The van der Waals surface area contributed by atoms with Crippen molar-refractivity contribution in [3.63, 3.8) is 0 Å². The molecule has 6 heteroatoms. The topological polar surface area (TPSA) is 46.9 Å². The Morgan fingerprint density at radius 1 is 1.43 bits per heavy atom. The Balaban J connectivity index is 1.67. The zero-order valence-electron chi connectivity index (χ0n) is 11.5. The molecule has 1 aliphatic rings. The number of halogens is 2. The molecule has 1 atom stereocenters. The van der Waals surface area contributed by atoms with E-state index in [-0.39, 0.29) is 5.91 Å². The summed E-state index contributed by atoms with van der Waals surface area (Å²) in [7, 11) is 0. The van der Waals surface area contributed by atoms with Crippen LogP contribution in [0, 0.1) is 5.41 Å². The molecule has 1 aromatic heterocycles. The van der Waals surface area contributed by atoms with Crippen LogP contribution in [0.2, 0.25) is 0 Å². The van der Waals surface area contributed by atoms with Gasteiger partial charge >= 0.3 is 0 Å². The molecular weight excluding hydrogens is 309 g/mol. The Morgan fingerprint density at radius 2 is 2.19 bits per heavy atom. The molecule has 21 heavy (non-hydrogen) atoms. The Labute approximate surface area is 133 Å². The molecule has 1 amide bonds. The van der Waals surface area contributed by atoms with E-state index in [1.165, 1.54) is 0 Å². The van der Waals surface area contributed by atoms with Crippen molar-refractivity contribution in [1.82, 2.24) is 15.1 Å². The summed E-state index contributed by atoms with van der Waals surface area (Å²) in [6, 6.07) is 9.70. The quantitative estimate of drug-likeness (QED) is 0.879. The van der Waals surface area contributed by atoms with E-state index in [1.54, 1.807) is 17.8 Å². The highest BCUT2D eigenvalue weighted by Crippen LogP contribution is 2.63. The van der Waals surface area contributed by atoms with Crippen molar-refractivity contribution in [2.24, 2.45) is 5.41 Å². The van der Waals surface area contributed by atoms with E-state index in [0.29, 0.717) is 13.0 Å². The molecule has 0 aliphatic heterocycles. The third kappa shape index (κ3) is 2.65. The molecule has 4 nitrogen and oxygen atoms in total. The summed E-state index contributed by atoms with van der Waals surface area (Å²) >= 11 is 12.0. The average molecular weight is 324 g/mol. The third-order valence-corrected chi connectivity index (χ3v) is 4.99. The maximum Gasteiger partial charge on any atom is 0.229 e. The Morgan fingerprint density at radius 3 is 2.81 bits per heavy atom. The molecule has 0 spiro atoms. The molecule has 0 radical (unpaired) electrons. The summed E-state index contributed by atoms with van der Waals surface area (Å²) in [6.45, 7) is 2.22. The van der Waals surface area contributed by atoms with Gasteiger partial charge in [0.2, 0.25) is 5.91 Å². The van der Waals surface area contributed by atoms with Crippen molar-refractivity contribution in [3.8, 4) is 5.69 Å². The number of hydrogen-bond acceptors (Lipinski definition) is 2. The first-order valence-corrected chi connectivity index (χ1v) is 7.43. The molecule has 0 saturated heterocycles. The van der Waals surface area contributed by atoms with Gasteiger partial charge in [-0.05, 0) is 37.1 Å². The average Bonchev–Trinajstić information content (AvgIpc) is 2.88. The van der Waals surface area contributed by atoms with Gasteiger partial charge in [-0.1, -0.05) is 12.1 Å². The Hall–Kier alpha value is -1.52. The molecule has 1 heterocycles. The summed E-state index contributed by atoms with van der Waals surface area (Å²) in [5.74, 6) is -0.114. The van der Waals surface area contributed by atoms with Gasteiger partial charge < -0.3 is 5.32 Å². The number of nitrogens with zero attached hydrogens (tertiary/aromatic N) is 2. The monoisotopic (exact) mass is 323 g/mol. The number of rotatable bonds is 4. The normalized spacial score (nSPS) is 22.8. The fourth-order valence-corrected chi connectivity index (χ4v) is 2.96. The van der Waals surface area contributed by atoms with Crippen LogP contribution in [0.5, 0.6) is 0 Å². The molecule has 0 bridgehead atoms. The third-order valence-electron chi connectivity index (χ3n) is 3.89. The highest BCUT2D eigenvalue weighted by atomic mass is 35.5. The van der Waals surface area contributed by atoms with Gasteiger partial charge in [-0.25, -0.2) is 4.68 Å². The van der Waals surface area contributed by atoms with Crippen LogP contribution in [0.1, 0.15) is 18.9 Å². The number of nitrogens with one attached hydrogen (secondary N) is 1. The summed E-state index contributed by atoms with van der Waals surface area (Å²) in [5, 5.41) is 7.08.